The van der Waals surface area contributed by atoms with Crippen molar-refractivity contribution in [3.8, 4) is 0 Å². The van der Waals surface area contributed by atoms with Gasteiger partial charge in [0.1, 0.15) is 13.2 Å². The van der Waals surface area contributed by atoms with Gasteiger partial charge in [-0.15, -0.1) is 0 Å². The van der Waals surface area contributed by atoms with E-state index in [-0.39, 0.29) is 37.5 Å². The SMILES string of the molecule is CC/C=C\C/C=C\C/C=C\C/C=C\C/C=C\CCCCCCCCCC(=O)OCC(COC(=O)CCCCCCC/C=C\CCCCCCC)OC(=O)CCCCC/C=C\C/C=C\C/C=C\C/C=C\C/C=C\CC. The number of ether oxygens (including phenoxy) is 3. The molecule has 1 unspecified atom stereocenters. The van der Waals surface area contributed by atoms with E-state index in [9.17, 15) is 14.4 Å². The van der Waals surface area contributed by atoms with Crippen LogP contribution >= 0.6 is 0 Å². The van der Waals surface area contributed by atoms with Crippen LogP contribution < -0.4 is 0 Å². The Balaban J connectivity index is 4.47. The first-order valence-corrected chi connectivity index (χ1v) is 30.2. The van der Waals surface area contributed by atoms with Gasteiger partial charge in [0.05, 0.1) is 0 Å². The fourth-order valence-corrected chi connectivity index (χ4v) is 7.90. The Labute approximate surface area is 455 Å². The Morgan fingerprint density at radius 3 is 0.851 bits per heavy atom. The molecule has 0 aliphatic carbocycles. The predicted molar refractivity (Wildman–Crippen MR) is 320 cm³/mol. The molecule has 6 heteroatoms. The standard InChI is InChI=1S/C68H110O6/c1-4-7-10-13-16-19-22-25-28-30-32-33-34-35-37-38-40-43-46-49-52-55-58-61-67(70)73-64-65(63-72-66(69)60-57-54-51-48-45-42-27-24-21-18-15-12-9-6-3)74-68(71)62-59-56-53-50-47-44-41-39-36-31-29-26-23-20-17-14-11-8-5-2/h7-8,10-11,16-17,19-20,24-29,32-33,35-37,39,44,47,65H,4-6,9,12-15,18,21-23,30-31,34,38,40-43,45-46,48-64H2,1-3H3/b10-7-,11-8-,19-16-,20-17-,27-24-,28-25-,29-26-,33-32-,37-35-,39-36-,47-44-. The maximum Gasteiger partial charge on any atom is 0.306 e. The summed E-state index contributed by atoms with van der Waals surface area (Å²) >= 11 is 0. The number of hydrogen-bond acceptors (Lipinski definition) is 6. The highest BCUT2D eigenvalue weighted by Crippen LogP contribution is 2.14. The van der Waals surface area contributed by atoms with Crippen molar-refractivity contribution >= 4 is 17.9 Å². The molecular formula is C68H110O6. The highest BCUT2D eigenvalue weighted by atomic mass is 16.6. The zero-order valence-electron chi connectivity index (χ0n) is 47.8. The number of allylic oxidation sites excluding steroid dienone is 22. The molecule has 1 atom stereocenters. The lowest BCUT2D eigenvalue weighted by Crippen LogP contribution is -2.30. The summed E-state index contributed by atoms with van der Waals surface area (Å²) in [4.78, 5) is 38.2. The Bertz CT molecular complexity index is 1600. The van der Waals surface area contributed by atoms with Gasteiger partial charge in [0.2, 0.25) is 0 Å². The third-order valence-electron chi connectivity index (χ3n) is 12.4. The molecule has 0 bridgehead atoms. The van der Waals surface area contributed by atoms with Crippen LogP contribution in [0.3, 0.4) is 0 Å². The van der Waals surface area contributed by atoms with E-state index in [1.165, 1.54) is 70.6 Å². The first-order valence-electron chi connectivity index (χ1n) is 30.2. The van der Waals surface area contributed by atoms with Crippen LogP contribution in [0.25, 0.3) is 0 Å². The smallest absolute Gasteiger partial charge is 0.306 e. The molecule has 0 saturated heterocycles. The average Bonchev–Trinajstić information content (AvgIpc) is 3.40. The molecular weight excluding hydrogens is 913 g/mol. The maximum absolute atomic E-state index is 12.9. The van der Waals surface area contributed by atoms with Crippen molar-refractivity contribution in [2.24, 2.45) is 0 Å². The van der Waals surface area contributed by atoms with Crippen molar-refractivity contribution in [1.82, 2.24) is 0 Å². The topological polar surface area (TPSA) is 78.9 Å². The molecule has 0 heterocycles. The van der Waals surface area contributed by atoms with Crippen LogP contribution in [-0.4, -0.2) is 37.2 Å². The number of rotatable bonds is 53. The van der Waals surface area contributed by atoms with Crippen LogP contribution in [0.1, 0.15) is 258 Å². The van der Waals surface area contributed by atoms with Crippen molar-refractivity contribution in [1.29, 1.82) is 0 Å². The van der Waals surface area contributed by atoms with Gasteiger partial charge < -0.3 is 14.2 Å². The molecule has 0 rings (SSSR count). The lowest BCUT2D eigenvalue weighted by molar-refractivity contribution is -0.167. The Hall–Kier alpha value is -4.45. The monoisotopic (exact) mass is 1020 g/mol. The quantitative estimate of drug-likeness (QED) is 0.0261. The largest absolute Gasteiger partial charge is 0.462 e. The number of hydrogen-bond donors (Lipinski definition) is 0. The lowest BCUT2D eigenvalue weighted by atomic mass is 10.1. The summed E-state index contributed by atoms with van der Waals surface area (Å²) in [6.07, 6.45) is 85.8. The van der Waals surface area contributed by atoms with E-state index in [0.29, 0.717) is 12.8 Å². The van der Waals surface area contributed by atoms with Gasteiger partial charge in [-0.3, -0.25) is 14.4 Å². The minimum absolute atomic E-state index is 0.103. The summed E-state index contributed by atoms with van der Waals surface area (Å²) in [6, 6.07) is 0. The second-order valence-corrected chi connectivity index (χ2v) is 19.5. The molecule has 0 aromatic heterocycles. The van der Waals surface area contributed by atoms with Gasteiger partial charge in [-0.25, -0.2) is 0 Å². The van der Waals surface area contributed by atoms with Crippen molar-refractivity contribution < 1.29 is 28.6 Å². The molecule has 0 aromatic rings. The fraction of sp³-hybridized carbons (Fsp3) is 0.632. The molecule has 0 saturated carbocycles. The Morgan fingerprint density at radius 1 is 0.284 bits per heavy atom. The van der Waals surface area contributed by atoms with Crippen LogP contribution in [0, 0.1) is 0 Å². The molecule has 0 spiro atoms. The maximum atomic E-state index is 12.9. The van der Waals surface area contributed by atoms with Gasteiger partial charge in [0.25, 0.3) is 0 Å². The van der Waals surface area contributed by atoms with Gasteiger partial charge in [0.15, 0.2) is 6.10 Å². The Morgan fingerprint density at radius 2 is 0.527 bits per heavy atom. The predicted octanol–water partition coefficient (Wildman–Crippen LogP) is 20.6. The minimum atomic E-state index is -0.810. The van der Waals surface area contributed by atoms with E-state index in [1.54, 1.807) is 0 Å². The van der Waals surface area contributed by atoms with Crippen LogP contribution in [0.2, 0.25) is 0 Å². The second kappa shape index (κ2) is 61.1. The van der Waals surface area contributed by atoms with E-state index in [0.717, 1.165) is 148 Å². The number of unbranched alkanes of at least 4 members (excludes halogenated alkanes) is 20. The Kier molecular flexibility index (Phi) is 57.4. The van der Waals surface area contributed by atoms with Crippen LogP contribution in [0.15, 0.2) is 134 Å². The van der Waals surface area contributed by atoms with Crippen LogP contribution in [0.4, 0.5) is 0 Å². The van der Waals surface area contributed by atoms with Gasteiger partial charge in [-0.1, -0.05) is 238 Å². The zero-order chi connectivity index (χ0) is 53.6. The van der Waals surface area contributed by atoms with Gasteiger partial charge in [-0.05, 0) is 135 Å². The second-order valence-electron chi connectivity index (χ2n) is 19.5. The summed E-state index contributed by atoms with van der Waals surface area (Å²) in [6.45, 7) is 6.36. The normalized spacial score (nSPS) is 13.1. The van der Waals surface area contributed by atoms with Gasteiger partial charge >= 0.3 is 17.9 Å². The molecule has 0 amide bonds. The summed E-state index contributed by atoms with van der Waals surface area (Å²) in [5.41, 5.74) is 0. The molecule has 0 fully saturated rings. The lowest BCUT2D eigenvalue weighted by Gasteiger charge is -2.18. The third-order valence-corrected chi connectivity index (χ3v) is 12.4. The summed E-state index contributed by atoms with van der Waals surface area (Å²) in [5, 5.41) is 0. The summed E-state index contributed by atoms with van der Waals surface area (Å²) in [5.74, 6) is -0.956. The van der Waals surface area contributed by atoms with Crippen LogP contribution in [-0.2, 0) is 28.6 Å². The molecule has 0 N–H and O–H groups in total. The average molecular weight is 1020 g/mol. The van der Waals surface area contributed by atoms with E-state index in [4.69, 9.17) is 14.2 Å². The molecule has 74 heavy (non-hydrogen) atoms. The first-order chi connectivity index (χ1) is 36.5. The number of carbonyl (C=O) groups is 3. The van der Waals surface area contributed by atoms with Crippen molar-refractivity contribution in [2.75, 3.05) is 13.2 Å². The number of carbonyl (C=O) groups excluding carboxylic acids is 3. The highest BCUT2D eigenvalue weighted by Gasteiger charge is 2.19. The highest BCUT2D eigenvalue weighted by molar-refractivity contribution is 5.71. The van der Waals surface area contributed by atoms with Crippen molar-refractivity contribution in [2.45, 2.75) is 264 Å². The van der Waals surface area contributed by atoms with Crippen LogP contribution in [0.5, 0.6) is 0 Å². The molecule has 0 aromatic carbocycles. The number of esters is 3. The molecule has 0 radical (unpaired) electrons. The minimum Gasteiger partial charge on any atom is -0.462 e. The molecule has 6 nitrogen and oxygen atoms in total. The fourth-order valence-electron chi connectivity index (χ4n) is 7.90. The van der Waals surface area contributed by atoms with Crippen molar-refractivity contribution in [3.05, 3.63) is 134 Å². The first kappa shape index (κ1) is 69.5. The summed E-state index contributed by atoms with van der Waals surface area (Å²) < 4.78 is 16.9. The van der Waals surface area contributed by atoms with E-state index in [1.807, 2.05) is 0 Å². The molecule has 418 valence electrons. The van der Waals surface area contributed by atoms with E-state index >= 15 is 0 Å². The van der Waals surface area contributed by atoms with E-state index in [2.05, 4.69) is 154 Å². The zero-order valence-corrected chi connectivity index (χ0v) is 47.8. The molecule has 0 aliphatic rings. The summed E-state index contributed by atoms with van der Waals surface area (Å²) in [7, 11) is 0. The van der Waals surface area contributed by atoms with Gasteiger partial charge in [0, 0.05) is 19.3 Å². The van der Waals surface area contributed by atoms with E-state index < -0.39 is 6.10 Å². The third kappa shape index (κ3) is 58.4. The molecule has 0 aliphatic heterocycles. The van der Waals surface area contributed by atoms with Gasteiger partial charge in [-0.2, -0.15) is 0 Å². The van der Waals surface area contributed by atoms with Crippen molar-refractivity contribution in [3.63, 3.8) is 0 Å².